The number of halogens is 2. The maximum absolute atomic E-state index is 13.8. The van der Waals surface area contributed by atoms with Crippen LogP contribution < -0.4 is 5.73 Å². The van der Waals surface area contributed by atoms with Gasteiger partial charge in [0.15, 0.2) is 0 Å². The van der Waals surface area contributed by atoms with Gasteiger partial charge >= 0.3 is 5.97 Å². The summed E-state index contributed by atoms with van der Waals surface area (Å²) in [6.07, 6.45) is 1.50. The van der Waals surface area contributed by atoms with E-state index in [0.29, 0.717) is 22.0 Å². The van der Waals surface area contributed by atoms with E-state index < -0.39 is 11.8 Å². The second-order valence-electron chi connectivity index (χ2n) is 4.71. The van der Waals surface area contributed by atoms with E-state index in [1.165, 1.54) is 12.3 Å². The van der Waals surface area contributed by atoms with E-state index >= 15 is 0 Å². The van der Waals surface area contributed by atoms with Crippen LogP contribution in [0.5, 0.6) is 0 Å². The Labute approximate surface area is 130 Å². The molecule has 0 saturated carbocycles. The van der Waals surface area contributed by atoms with Crippen molar-refractivity contribution in [3.63, 3.8) is 0 Å². The number of carboxylic acids is 1. The molecule has 2 aromatic carbocycles. The first kappa shape index (κ1) is 14.3. The van der Waals surface area contributed by atoms with Gasteiger partial charge in [-0.3, -0.25) is 4.98 Å². The third-order valence-corrected chi connectivity index (χ3v) is 3.60. The van der Waals surface area contributed by atoms with Crippen LogP contribution in [0.3, 0.4) is 0 Å². The van der Waals surface area contributed by atoms with Crippen molar-refractivity contribution in [3.05, 3.63) is 59.0 Å². The Balaban J connectivity index is 2.39. The average Bonchev–Trinajstić information content (AvgIpc) is 2.49. The van der Waals surface area contributed by atoms with Crippen molar-refractivity contribution in [2.24, 2.45) is 0 Å². The highest BCUT2D eigenvalue weighted by Gasteiger charge is 2.16. The molecule has 0 spiro atoms. The molecule has 0 radical (unpaired) electrons. The number of anilines is 1. The predicted molar refractivity (Wildman–Crippen MR) is 83.5 cm³/mol. The Morgan fingerprint density at radius 2 is 2.00 bits per heavy atom. The summed E-state index contributed by atoms with van der Waals surface area (Å²) in [5, 5.41) is 10.0. The molecule has 0 fully saturated rings. The van der Waals surface area contributed by atoms with E-state index in [0.717, 1.165) is 6.07 Å². The minimum absolute atomic E-state index is 0.0439. The SMILES string of the molecule is Nc1c(F)cc(Cl)cc1-c1ccc(C(=O)O)c2ncccc12. The van der Waals surface area contributed by atoms with Crippen LogP contribution in [-0.4, -0.2) is 16.1 Å². The highest BCUT2D eigenvalue weighted by Crippen LogP contribution is 2.36. The number of nitrogens with two attached hydrogens (primary N) is 1. The van der Waals surface area contributed by atoms with E-state index in [4.69, 9.17) is 17.3 Å². The van der Waals surface area contributed by atoms with Gasteiger partial charge in [0.05, 0.1) is 16.8 Å². The van der Waals surface area contributed by atoms with Crippen molar-refractivity contribution < 1.29 is 14.3 Å². The zero-order valence-corrected chi connectivity index (χ0v) is 11.9. The van der Waals surface area contributed by atoms with E-state index in [1.54, 1.807) is 24.3 Å². The summed E-state index contributed by atoms with van der Waals surface area (Å²) in [6, 6.07) is 9.06. The first-order chi connectivity index (χ1) is 10.5. The molecule has 0 amide bonds. The Kier molecular flexibility index (Phi) is 3.42. The molecule has 3 aromatic rings. The Morgan fingerprint density at radius 3 is 2.73 bits per heavy atom. The van der Waals surface area contributed by atoms with Crippen molar-refractivity contribution >= 4 is 34.2 Å². The highest BCUT2D eigenvalue weighted by molar-refractivity contribution is 6.31. The summed E-state index contributed by atoms with van der Waals surface area (Å²) in [5.74, 6) is -1.71. The molecule has 0 bridgehead atoms. The number of rotatable bonds is 2. The molecular formula is C16H10ClFN2O2. The first-order valence-electron chi connectivity index (χ1n) is 6.35. The summed E-state index contributed by atoms with van der Waals surface area (Å²) < 4.78 is 13.8. The van der Waals surface area contributed by atoms with Crippen LogP contribution in [0.15, 0.2) is 42.6 Å². The summed E-state index contributed by atoms with van der Waals surface area (Å²) in [4.78, 5) is 15.4. The van der Waals surface area contributed by atoms with Gasteiger partial charge in [0.25, 0.3) is 0 Å². The van der Waals surface area contributed by atoms with Crippen LogP contribution in [0, 0.1) is 5.82 Å². The van der Waals surface area contributed by atoms with Crippen LogP contribution in [0.4, 0.5) is 10.1 Å². The molecule has 0 aliphatic rings. The molecule has 3 N–H and O–H groups in total. The Morgan fingerprint density at radius 1 is 1.23 bits per heavy atom. The fourth-order valence-electron chi connectivity index (χ4n) is 2.39. The lowest BCUT2D eigenvalue weighted by atomic mass is 9.96. The number of fused-ring (bicyclic) bond motifs is 1. The predicted octanol–water partition coefficient (Wildman–Crippen LogP) is 3.97. The van der Waals surface area contributed by atoms with Gasteiger partial charge in [-0.25, -0.2) is 9.18 Å². The van der Waals surface area contributed by atoms with E-state index in [9.17, 15) is 14.3 Å². The van der Waals surface area contributed by atoms with Crippen LogP contribution in [0.2, 0.25) is 5.02 Å². The first-order valence-corrected chi connectivity index (χ1v) is 6.72. The lowest BCUT2D eigenvalue weighted by molar-refractivity contribution is 0.0699. The Bertz CT molecular complexity index is 912. The largest absolute Gasteiger partial charge is 0.478 e. The molecule has 0 aliphatic heterocycles. The summed E-state index contributed by atoms with van der Waals surface area (Å²) in [6.45, 7) is 0. The molecule has 1 aromatic heterocycles. The minimum atomic E-state index is -1.08. The number of hydrogen-bond donors (Lipinski definition) is 2. The van der Waals surface area contributed by atoms with Crippen LogP contribution in [0.25, 0.3) is 22.0 Å². The number of benzene rings is 2. The van der Waals surface area contributed by atoms with Gasteiger partial charge in [-0.15, -0.1) is 0 Å². The zero-order chi connectivity index (χ0) is 15.9. The molecule has 6 heteroatoms. The molecule has 0 saturated heterocycles. The number of pyridine rings is 1. The van der Waals surface area contributed by atoms with Crippen LogP contribution >= 0.6 is 11.6 Å². The second kappa shape index (κ2) is 5.27. The van der Waals surface area contributed by atoms with Crippen molar-refractivity contribution in [3.8, 4) is 11.1 Å². The molecule has 0 unspecified atom stereocenters. The number of hydrogen-bond acceptors (Lipinski definition) is 3. The van der Waals surface area contributed by atoms with E-state index in [2.05, 4.69) is 4.98 Å². The lowest BCUT2D eigenvalue weighted by Gasteiger charge is -2.12. The monoisotopic (exact) mass is 316 g/mol. The van der Waals surface area contributed by atoms with Gasteiger partial charge in [0, 0.05) is 22.2 Å². The molecule has 110 valence electrons. The van der Waals surface area contributed by atoms with Crippen molar-refractivity contribution in [1.29, 1.82) is 0 Å². The topological polar surface area (TPSA) is 76.2 Å². The fourth-order valence-corrected chi connectivity index (χ4v) is 2.59. The fraction of sp³-hybridized carbons (Fsp3) is 0. The molecule has 0 aliphatic carbocycles. The number of nitrogen functional groups attached to an aromatic ring is 1. The van der Waals surface area contributed by atoms with Gasteiger partial charge in [-0.05, 0) is 29.8 Å². The highest BCUT2D eigenvalue weighted by atomic mass is 35.5. The van der Waals surface area contributed by atoms with Crippen molar-refractivity contribution in [2.45, 2.75) is 0 Å². The van der Waals surface area contributed by atoms with Gasteiger partial charge in [0.2, 0.25) is 0 Å². The standard InChI is InChI=1S/C16H10ClFN2O2/c17-8-6-12(14(19)13(18)7-8)9-3-4-11(16(21)22)15-10(9)2-1-5-20-15/h1-7H,19H2,(H,21,22). The third kappa shape index (κ3) is 2.25. The summed E-state index contributed by atoms with van der Waals surface area (Å²) in [7, 11) is 0. The van der Waals surface area contributed by atoms with Gasteiger partial charge < -0.3 is 10.8 Å². The second-order valence-corrected chi connectivity index (χ2v) is 5.15. The molecule has 4 nitrogen and oxygen atoms in total. The van der Waals surface area contributed by atoms with Crippen LogP contribution in [0.1, 0.15) is 10.4 Å². The van der Waals surface area contributed by atoms with Crippen LogP contribution in [-0.2, 0) is 0 Å². The van der Waals surface area contributed by atoms with Gasteiger partial charge in [-0.1, -0.05) is 23.7 Å². The van der Waals surface area contributed by atoms with E-state index in [1.807, 2.05) is 0 Å². The van der Waals surface area contributed by atoms with Gasteiger partial charge in [-0.2, -0.15) is 0 Å². The normalized spacial score (nSPS) is 10.8. The molecular weight excluding hydrogens is 307 g/mol. The zero-order valence-electron chi connectivity index (χ0n) is 11.2. The number of carboxylic acid groups (broad SMARTS) is 1. The molecule has 1 heterocycles. The number of aromatic nitrogens is 1. The summed E-state index contributed by atoms with van der Waals surface area (Å²) in [5.41, 5.74) is 7.12. The lowest BCUT2D eigenvalue weighted by Crippen LogP contribution is -2.01. The average molecular weight is 317 g/mol. The third-order valence-electron chi connectivity index (χ3n) is 3.38. The Hall–Kier alpha value is -2.66. The quantitative estimate of drug-likeness (QED) is 0.701. The number of carbonyl (C=O) groups is 1. The van der Waals surface area contributed by atoms with Gasteiger partial charge in [0.1, 0.15) is 5.82 Å². The number of aromatic carboxylic acids is 1. The molecule has 22 heavy (non-hydrogen) atoms. The maximum atomic E-state index is 13.8. The molecule has 3 rings (SSSR count). The smallest absolute Gasteiger partial charge is 0.337 e. The van der Waals surface area contributed by atoms with Crippen molar-refractivity contribution in [1.82, 2.24) is 4.98 Å². The van der Waals surface area contributed by atoms with Crippen molar-refractivity contribution in [2.75, 3.05) is 5.73 Å². The van der Waals surface area contributed by atoms with E-state index in [-0.39, 0.29) is 16.3 Å². The minimum Gasteiger partial charge on any atom is -0.478 e. The summed E-state index contributed by atoms with van der Waals surface area (Å²) >= 11 is 5.90. The maximum Gasteiger partial charge on any atom is 0.337 e. The molecule has 0 atom stereocenters. The number of nitrogens with zero attached hydrogens (tertiary/aromatic N) is 1.